The minimum absolute atomic E-state index is 0.279. The molecule has 3 aromatic heterocycles. The number of anilines is 1. The van der Waals surface area contributed by atoms with Gasteiger partial charge >= 0.3 is 0 Å². The van der Waals surface area contributed by atoms with E-state index < -0.39 is 0 Å². The van der Waals surface area contributed by atoms with Gasteiger partial charge in [-0.15, -0.1) is 10.2 Å². The van der Waals surface area contributed by atoms with Crippen molar-refractivity contribution in [2.45, 2.75) is 18.9 Å². The molecular weight excluding hydrogens is 371 g/mol. The van der Waals surface area contributed by atoms with Gasteiger partial charge in [-0.1, -0.05) is 0 Å². The van der Waals surface area contributed by atoms with Crippen LogP contribution >= 0.6 is 0 Å². The van der Waals surface area contributed by atoms with Crippen LogP contribution in [0.15, 0.2) is 54.9 Å². The Kier molecular flexibility index (Phi) is 4.61. The quantitative estimate of drug-likeness (QED) is 0.574. The van der Waals surface area contributed by atoms with Crippen LogP contribution in [0.4, 0.5) is 10.3 Å². The fraction of sp³-hybridized carbons (Fsp3) is 0.238. The Balaban J connectivity index is 1.43. The SMILES string of the molecule is Fc1ccc(-c2nnc3cc(-c4ccnc(NC5CCOCC5)n4)ccn23)cc1. The molecule has 29 heavy (non-hydrogen) atoms. The largest absolute Gasteiger partial charge is 0.381 e. The molecular formula is C21H19FN6O. The van der Waals surface area contributed by atoms with E-state index in [0.717, 1.165) is 42.9 Å². The first-order valence-electron chi connectivity index (χ1n) is 9.55. The molecule has 0 bridgehead atoms. The number of nitrogens with zero attached hydrogens (tertiary/aromatic N) is 5. The van der Waals surface area contributed by atoms with Crippen molar-refractivity contribution in [3.63, 3.8) is 0 Å². The lowest BCUT2D eigenvalue weighted by Crippen LogP contribution is -2.28. The Morgan fingerprint density at radius 3 is 2.66 bits per heavy atom. The van der Waals surface area contributed by atoms with E-state index in [9.17, 15) is 4.39 Å². The van der Waals surface area contributed by atoms with Crippen molar-refractivity contribution in [3.8, 4) is 22.6 Å². The highest BCUT2D eigenvalue weighted by Gasteiger charge is 2.15. The van der Waals surface area contributed by atoms with Crippen molar-refractivity contribution < 1.29 is 9.13 Å². The minimum atomic E-state index is -0.279. The summed E-state index contributed by atoms with van der Waals surface area (Å²) in [6, 6.07) is 12.3. The van der Waals surface area contributed by atoms with Gasteiger partial charge in [0.1, 0.15) is 5.82 Å². The van der Waals surface area contributed by atoms with Crippen LogP contribution in [0.5, 0.6) is 0 Å². The maximum atomic E-state index is 13.2. The average Bonchev–Trinajstić information content (AvgIpc) is 3.18. The molecule has 0 aliphatic carbocycles. The van der Waals surface area contributed by atoms with Gasteiger partial charge in [0.2, 0.25) is 5.95 Å². The van der Waals surface area contributed by atoms with Gasteiger partial charge in [0.05, 0.1) is 5.69 Å². The smallest absolute Gasteiger partial charge is 0.223 e. The van der Waals surface area contributed by atoms with Crippen LogP contribution in [0.25, 0.3) is 28.3 Å². The standard InChI is InChI=1S/C21H19FN6O/c22-16-3-1-14(2-4-16)20-27-26-19-13-15(6-10-28(19)20)18-5-9-23-21(25-18)24-17-7-11-29-12-8-17/h1-6,9-10,13,17H,7-8,11-12H2,(H,23,24,25). The van der Waals surface area contributed by atoms with Crippen LogP contribution < -0.4 is 5.32 Å². The predicted octanol–water partition coefficient (Wildman–Crippen LogP) is 3.58. The van der Waals surface area contributed by atoms with E-state index in [2.05, 4.69) is 25.5 Å². The Hall–Kier alpha value is -3.39. The first-order valence-corrected chi connectivity index (χ1v) is 9.55. The summed E-state index contributed by atoms with van der Waals surface area (Å²) in [5, 5.41) is 11.9. The Morgan fingerprint density at radius 1 is 1.00 bits per heavy atom. The van der Waals surface area contributed by atoms with Crippen molar-refractivity contribution in [1.29, 1.82) is 0 Å². The van der Waals surface area contributed by atoms with Crippen molar-refractivity contribution in [2.75, 3.05) is 18.5 Å². The highest BCUT2D eigenvalue weighted by atomic mass is 19.1. The van der Waals surface area contributed by atoms with Gasteiger partial charge in [-0.25, -0.2) is 14.4 Å². The number of benzene rings is 1. The summed E-state index contributed by atoms with van der Waals surface area (Å²) in [4.78, 5) is 9.00. The van der Waals surface area contributed by atoms with Crippen LogP contribution in [0.1, 0.15) is 12.8 Å². The van der Waals surface area contributed by atoms with Gasteiger partial charge < -0.3 is 10.1 Å². The third-order valence-electron chi connectivity index (χ3n) is 5.02. The van der Waals surface area contributed by atoms with E-state index in [-0.39, 0.29) is 5.82 Å². The number of halogens is 1. The van der Waals surface area contributed by atoms with Crippen LogP contribution in [0.3, 0.4) is 0 Å². The Labute approximate surface area is 166 Å². The number of nitrogens with one attached hydrogen (secondary N) is 1. The summed E-state index contributed by atoms with van der Waals surface area (Å²) in [7, 11) is 0. The van der Waals surface area contributed by atoms with Gasteiger partial charge in [-0.05, 0) is 55.3 Å². The maximum Gasteiger partial charge on any atom is 0.223 e. The summed E-state index contributed by atoms with van der Waals surface area (Å²) in [6.45, 7) is 1.52. The zero-order chi connectivity index (χ0) is 19.6. The predicted molar refractivity (Wildman–Crippen MR) is 107 cm³/mol. The number of aromatic nitrogens is 5. The first-order chi connectivity index (χ1) is 14.3. The molecule has 0 spiro atoms. The van der Waals surface area contributed by atoms with Gasteiger partial charge in [-0.3, -0.25) is 4.40 Å². The van der Waals surface area contributed by atoms with Crippen molar-refractivity contribution in [2.24, 2.45) is 0 Å². The number of rotatable bonds is 4. The summed E-state index contributed by atoms with van der Waals surface area (Å²) in [5.41, 5.74) is 3.23. The summed E-state index contributed by atoms with van der Waals surface area (Å²) >= 11 is 0. The van der Waals surface area contributed by atoms with Crippen LogP contribution in [0, 0.1) is 5.82 Å². The minimum Gasteiger partial charge on any atom is -0.381 e. The molecule has 7 nitrogen and oxygen atoms in total. The highest BCUT2D eigenvalue weighted by molar-refractivity contribution is 5.67. The summed E-state index contributed by atoms with van der Waals surface area (Å²) in [6.07, 6.45) is 5.55. The molecule has 0 unspecified atom stereocenters. The molecule has 0 amide bonds. The number of pyridine rings is 1. The van der Waals surface area contributed by atoms with Gasteiger partial charge in [0.15, 0.2) is 11.5 Å². The fourth-order valence-corrected chi connectivity index (χ4v) is 3.46. The second-order valence-electron chi connectivity index (χ2n) is 6.97. The van der Waals surface area contributed by atoms with E-state index in [0.29, 0.717) is 23.5 Å². The molecule has 1 aromatic carbocycles. The summed E-state index contributed by atoms with van der Waals surface area (Å²) in [5.74, 6) is 0.998. The number of fused-ring (bicyclic) bond motifs is 1. The number of hydrogen-bond donors (Lipinski definition) is 1. The third-order valence-corrected chi connectivity index (χ3v) is 5.02. The number of hydrogen-bond acceptors (Lipinski definition) is 6. The number of ether oxygens (including phenoxy) is 1. The zero-order valence-corrected chi connectivity index (χ0v) is 15.6. The molecule has 4 aromatic rings. The van der Waals surface area contributed by atoms with E-state index in [1.807, 2.05) is 28.8 Å². The molecule has 8 heteroatoms. The van der Waals surface area contributed by atoms with Crippen molar-refractivity contribution in [1.82, 2.24) is 24.6 Å². The molecule has 0 saturated carbocycles. The molecule has 1 aliphatic heterocycles. The molecule has 4 heterocycles. The van der Waals surface area contributed by atoms with E-state index >= 15 is 0 Å². The molecule has 5 rings (SSSR count). The molecule has 1 fully saturated rings. The lowest BCUT2D eigenvalue weighted by molar-refractivity contribution is 0.0903. The van der Waals surface area contributed by atoms with Crippen molar-refractivity contribution in [3.05, 3.63) is 60.7 Å². The second-order valence-corrected chi connectivity index (χ2v) is 6.97. The van der Waals surface area contributed by atoms with E-state index in [1.165, 1.54) is 12.1 Å². The van der Waals surface area contributed by atoms with Gasteiger partial charge in [0, 0.05) is 42.8 Å². The zero-order valence-electron chi connectivity index (χ0n) is 15.6. The Morgan fingerprint density at radius 2 is 1.83 bits per heavy atom. The van der Waals surface area contributed by atoms with E-state index in [4.69, 9.17) is 4.74 Å². The second kappa shape index (κ2) is 7.56. The topological polar surface area (TPSA) is 77.2 Å². The molecule has 1 N–H and O–H groups in total. The normalized spacial score (nSPS) is 14.9. The average molecular weight is 390 g/mol. The van der Waals surface area contributed by atoms with Crippen LogP contribution in [-0.2, 0) is 4.74 Å². The molecule has 0 atom stereocenters. The first kappa shape index (κ1) is 17.7. The Bertz CT molecular complexity index is 1140. The molecule has 1 saturated heterocycles. The van der Waals surface area contributed by atoms with Gasteiger partial charge in [0.25, 0.3) is 0 Å². The molecule has 146 valence electrons. The lowest BCUT2D eigenvalue weighted by Gasteiger charge is -2.23. The highest BCUT2D eigenvalue weighted by Crippen LogP contribution is 2.23. The van der Waals surface area contributed by atoms with Crippen LogP contribution in [0.2, 0.25) is 0 Å². The summed E-state index contributed by atoms with van der Waals surface area (Å²) < 4.78 is 20.5. The van der Waals surface area contributed by atoms with Crippen LogP contribution in [-0.4, -0.2) is 43.8 Å². The fourth-order valence-electron chi connectivity index (χ4n) is 3.46. The van der Waals surface area contributed by atoms with Gasteiger partial charge in [-0.2, -0.15) is 0 Å². The molecule has 1 aliphatic rings. The lowest BCUT2D eigenvalue weighted by atomic mass is 10.1. The maximum absolute atomic E-state index is 13.2. The molecule has 0 radical (unpaired) electrons. The monoisotopic (exact) mass is 390 g/mol. The van der Waals surface area contributed by atoms with Crippen molar-refractivity contribution >= 4 is 11.6 Å². The third kappa shape index (κ3) is 3.66. The van der Waals surface area contributed by atoms with E-state index in [1.54, 1.807) is 18.3 Å².